The molecule has 96 valence electrons. The van der Waals surface area contributed by atoms with Crippen molar-refractivity contribution in [2.45, 2.75) is 19.4 Å². The van der Waals surface area contributed by atoms with Crippen LogP contribution in [-0.4, -0.2) is 16.5 Å². The Morgan fingerprint density at radius 3 is 2.41 bits per heavy atom. The molecule has 0 bridgehead atoms. The minimum absolute atomic E-state index is 0.157. The SMILES string of the molecule is OCc1nc(OC(F)(F)F)cc(I)c1C(F)F. The van der Waals surface area contributed by atoms with Crippen molar-refractivity contribution in [1.82, 2.24) is 4.98 Å². The van der Waals surface area contributed by atoms with Gasteiger partial charge in [-0.25, -0.2) is 13.8 Å². The van der Waals surface area contributed by atoms with Crippen LogP contribution in [0.5, 0.6) is 5.88 Å². The van der Waals surface area contributed by atoms with E-state index in [2.05, 4.69) is 9.72 Å². The lowest BCUT2D eigenvalue weighted by Gasteiger charge is -2.12. The van der Waals surface area contributed by atoms with Gasteiger partial charge in [-0.05, 0) is 22.6 Å². The molecule has 0 spiro atoms. The van der Waals surface area contributed by atoms with Crippen LogP contribution in [0.25, 0.3) is 0 Å². The summed E-state index contributed by atoms with van der Waals surface area (Å²) in [6, 6.07) is 0.731. The molecule has 0 unspecified atom stereocenters. The lowest BCUT2D eigenvalue weighted by molar-refractivity contribution is -0.276. The Labute approximate surface area is 106 Å². The van der Waals surface area contributed by atoms with Crippen LogP contribution in [0.4, 0.5) is 22.0 Å². The third-order valence-corrected chi connectivity index (χ3v) is 2.54. The van der Waals surface area contributed by atoms with E-state index < -0.39 is 36.5 Å². The molecule has 0 aliphatic heterocycles. The van der Waals surface area contributed by atoms with Crippen LogP contribution in [0.2, 0.25) is 0 Å². The fourth-order valence-corrected chi connectivity index (χ4v) is 1.88. The molecule has 0 atom stereocenters. The van der Waals surface area contributed by atoms with Gasteiger partial charge in [-0.3, -0.25) is 0 Å². The first-order valence-corrected chi connectivity index (χ1v) is 5.16. The standard InChI is InChI=1S/C8H5F5INO2/c9-7(10)6-3(14)1-5(15-4(6)2-16)17-8(11,12)13/h1,7,16H,2H2. The number of ether oxygens (including phenoxy) is 1. The van der Waals surface area contributed by atoms with E-state index in [4.69, 9.17) is 5.11 Å². The second kappa shape index (κ2) is 5.29. The van der Waals surface area contributed by atoms with Crippen molar-refractivity contribution >= 4 is 22.6 Å². The predicted molar refractivity (Wildman–Crippen MR) is 54.5 cm³/mol. The maximum atomic E-state index is 12.5. The predicted octanol–water partition coefficient (Wildman–Crippen LogP) is 3.01. The molecule has 9 heteroatoms. The highest BCUT2D eigenvalue weighted by atomic mass is 127. The highest BCUT2D eigenvalue weighted by molar-refractivity contribution is 14.1. The number of aromatic nitrogens is 1. The van der Waals surface area contributed by atoms with Gasteiger partial charge in [0.25, 0.3) is 6.43 Å². The van der Waals surface area contributed by atoms with E-state index in [9.17, 15) is 22.0 Å². The van der Waals surface area contributed by atoms with Crippen molar-refractivity contribution in [2.75, 3.05) is 0 Å². The second-order valence-corrected chi connectivity index (χ2v) is 3.97. The number of aliphatic hydroxyl groups excluding tert-OH is 1. The summed E-state index contributed by atoms with van der Waals surface area (Å²) in [6.45, 7) is -0.898. The van der Waals surface area contributed by atoms with Crippen molar-refractivity contribution in [1.29, 1.82) is 0 Å². The normalized spacial score (nSPS) is 12.0. The van der Waals surface area contributed by atoms with E-state index in [-0.39, 0.29) is 3.57 Å². The molecule has 0 aliphatic carbocycles. The van der Waals surface area contributed by atoms with E-state index >= 15 is 0 Å². The molecule has 0 saturated heterocycles. The molecular weight excluding hydrogens is 364 g/mol. The van der Waals surface area contributed by atoms with Gasteiger partial charge >= 0.3 is 6.36 Å². The molecule has 1 rings (SSSR count). The summed E-state index contributed by atoms with van der Waals surface area (Å²) < 4.78 is 64.1. The average molecular weight is 369 g/mol. The summed E-state index contributed by atoms with van der Waals surface area (Å²) in [5.74, 6) is -0.879. The largest absolute Gasteiger partial charge is 0.574 e. The molecule has 1 heterocycles. The number of halogens is 6. The van der Waals surface area contributed by atoms with Crippen molar-refractivity contribution < 1.29 is 31.8 Å². The van der Waals surface area contributed by atoms with E-state index in [1.54, 1.807) is 0 Å². The average Bonchev–Trinajstić information content (AvgIpc) is 2.12. The molecule has 0 aliphatic rings. The van der Waals surface area contributed by atoms with Crippen molar-refractivity contribution in [3.05, 3.63) is 20.9 Å². The zero-order chi connectivity index (χ0) is 13.2. The van der Waals surface area contributed by atoms with Crippen LogP contribution in [0, 0.1) is 3.57 Å². The van der Waals surface area contributed by atoms with Gasteiger partial charge in [0.2, 0.25) is 5.88 Å². The minimum atomic E-state index is -4.96. The molecule has 1 aromatic rings. The van der Waals surface area contributed by atoms with Gasteiger partial charge in [-0.2, -0.15) is 0 Å². The Hall–Kier alpha value is -0.710. The third-order valence-electron chi connectivity index (χ3n) is 1.65. The molecular formula is C8H5F5INO2. The molecule has 0 amide bonds. The molecule has 0 radical (unpaired) electrons. The monoisotopic (exact) mass is 369 g/mol. The van der Waals surface area contributed by atoms with Gasteiger partial charge in [0.05, 0.1) is 17.9 Å². The smallest absolute Gasteiger partial charge is 0.390 e. The summed E-state index contributed by atoms with van der Waals surface area (Å²) >= 11 is 1.42. The number of alkyl halides is 5. The van der Waals surface area contributed by atoms with Crippen molar-refractivity contribution in [2.24, 2.45) is 0 Å². The van der Waals surface area contributed by atoms with E-state index in [1.165, 1.54) is 22.6 Å². The summed E-state index contributed by atoms with van der Waals surface area (Å²) in [5, 5.41) is 8.78. The highest BCUT2D eigenvalue weighted by Gasteiger charge is 2.32. The number of hydrogen-bond donors (Lipinski definition) is 1. The Kier molecular flexibility index (Phi) is 4.47. The lowest BCUT2D eigenvalue weighted by Crippen LogP contribution is -2.19. The van der Waals surface area contributed by atoms with Gasteiger partial charge in [0.1, 0.15) is 0 Å². The Balaban J connectivity index is 3.18. The van der Waals surface area contributed by atoms with Crippen LogP contribution in [0.15, 0.2) is 6.07 Å². The maximum Gasteiger partial charge on any atom is 0.574 e. The summed E-state index contributed by atoms with van der Waals surface area (Å²) in [7, 11) is 0. The summed E-state index contributed by atoms with van der Waals surface area (Å²) in [5.41, 5.74) is -1.13. The lowest BCUT2D eigenvalue weighted by atomic mass is 10.2. The third kappa shape index (κ3) is 3.91. The van der Waals surface area contributed by atoms with Gasteiger partial charge < -0.3 is 9.84 Å². The van der Waals surface area contributed by atoms with E-state index in [0.717, 1.165) is 6.07 Å². The molecule has 0 aromatic carbocycles. The van der Waals surface area contributed by atoms with Crippen LogP contribution >= 0.6 is 22.6 Å². The van der Waals surface area contributed by atoms with Crippen molar-refractivity contribution in [3.8, 4) is 5.88 Å². The first kappa shape index (κ1) is 14.4. The number of hydrogen-bond acceptors (Lipinski definition) is 3. The van der Waals surface area contributed by atoms with Gasteiger partial charge in [-0.1, -0.05) is 0 Å². The fraction of sp³-hybridized carbons (Fsp3) is 0.375. The molecule has 17 heavy (non-hydrogen) atoms. The van der Waals surface area contributed by atoms with Gasteiger partial charge in [0.15, 0.2) is 0 Å². The number of pyridine rings is 1. The number of rotatable bonds is 3. The summed E-state index contributed by atoms with van der Waals surface area (Å²) in [6.07, 6.45) is -7.90. The molecule has 1 N–H and O–H groups in total. The van der Waals surface area contributed by atoms with Crippen LogP contribution in [0.1, 0.15) is 17.7 Å². The summed E-state index contributed by atoms with van der Waals surface area (Å²) in [4.78, 5) is 3.18. The number of nitrogens with zero attached hydrogens (tertiary/aromatic N) is 1. The molecule has 0 fully saturated rings. The van der Waals surface area contributed by atoms with E-state index in [1.807, 2.05) is 0 Å². The zero-order valence-electron chi connectivity index (χ0n) is 7.93. The Morgan fingerprint density at radius 2 is 2.00 bits per heavy atom. The van der Waals surface area contributed by atoms with Crippen molar-refractivity contribution in [3.63, 3.8) is 0 Å². The van der Waals surface area contributed by atoms with E-state index in [0.29, 0.717) is 0 Å². The number of aliphatic hydroxyl groups is 1. The first-order valence-electron chi connectivity index (χ1n) is 4.08. The van der Waals surface area contributed by atoms with Crippen LogP contribution in [-0.2, 0) is 6.61 Å². The Bertz CT molecular complexity index is 410. The van der Waals surface area contributed by atoms with Crippen LogP contribution in [0.3, 0.4) is 0 Å². The molecule has 0 saturated carbocycles. The quantitative estimate of drug-likeness (QED) is 0.658. The topological polar surface area (TPSA) is 42.4 Å². The highest BCUT2D eigenvalue weighted by Crippen LogP contribution is 2.31. The molecule has 3 nitrogen and oxygen atoms in total. The zero-order valence-corrected chi connectivity index (χ0v) is 10.1. The Morgan fingerprint density at radius 1 is 1.41 bits per heavy atom. The minimum Gasteiger partial charge on any atom is -0.390 e. The fourth-order valence-electron chi connectivity index (χ4n) is 1.07. The van der Waals surface area contributed by atoms with Gasteiger partial charge in [-0.15, -0.1) is 13.2 Å². The maximum absolute atomic E-state index is 12.5. The molecule has 1 aromatic heterocycles. The second-order valence-electron chi connectivity index (χ2n) is 2.81. The van der Waals surface area contributed by atoms with Gasteiger partial charge in [0, 0.05) is 9.64 Å². The first-order chi connectivity index (χ1) is 7.74. The van der Waals surface area contributed by atoms with Crippen LogP contribution < -0.4 is 4.74 Å².